The van der Waals surface area contributed by atoms with E-state index in [0.29, 0.717) is 5.56 Å². The summed E-state index contributed by atoms with van der Waals surface area (Å²) >= 11 is 0. The monoisotopic (exact) mass is 442 g/mol. The molecule has 0 saturated heterocycles. The van der Waals surface area contributed by atoms with Crippen molar-refractivity contribution in [3.05, 3.63) is 84.3 Å². The number of benzene rings is 3. The topological polar surface area (TPSA) is 3.88 Å². The van der Waals surface area contributed by atoms with Gasteiger partial charge >= 0.3 is 0 Å². The van der Waals surface area contributed by atoms with E-state index in [0.717, 1.165) is 22.4 Å². The van der Waals surface area contributed by atoms with Gasteiger partial charge in [0.1, 0.15) is 12.9 Å². The average molecular weight is 443 g/mol. The second-order valence-corrected chi connectivity index (χ2v) is 14.2. The predicted octanol–water partition coefficient (Wildman–Crippen LogP) is 7.16. The molecule has 0 amide bonds. The number of pyridine rings is 1. The van der Waals surface area contributed by atoms with Crippen molar-refractivity contribution in [2.75, 3.05) is 0 Å². The van der Waals surface area contributed by atoms with Crippen LogP contribution >= 0.6 is 0 Å². The van der Waals surface area contributed by atoms with E-state index in [9.17, 15) is 4.39 Å². The van der Waals surface area contributed by atoms with Crippen LogP contribution in [0.15, 0.2) is 72.9 Å². The van der Waals surface area contributed by atoms with Crippen molar-refractivity contribution < 1.29 is 8.96 Å². The highest BCUT2D eigenvalue weighted by molar-refractivity contribution is 6.91. The number of nitrogens with zero attached hydrogens (tertiary/aromatic N) is 1. The second-order valence-electron chi connectivity index (χ2n) is 8.93. The largest absolute Gasteiger partial charge is 0.220 e. The van der Waals surface area contributed by atoms with E-state index in [1.807, 2.05) is 43.3 Å². The van der Waals surface area contributed by atoms with Crippen molar-refractivity contribution in [1.82, 2.24) is 0 Å². The Morgan fingerprint density at radius 3 is 2.16 bits per heavy atom. The first-order valence-electron chi connectivity index (χ1n) is 11.7. The van der Waals surface area contributed by atoms with Crippen molar-refractivity contribution in [2.24, 2.45) is 7.05 Å². The van der Waals surface area contributed by atoms with Gasteiger partial charge in [-0.05, 0) is 41.6 Å². The molecule has 1 aromatic heterocycles. The van der Waals surface area contributed by atoms with E-state index < -0.39 is 8.07 Å². The molecule has 32 heavy (non-hydrogen) atoms. The van der Waals surface area contributed by atoms with Gasteiger partial charge in [0.15, 0.2) is 6.20 Å². The first-order chi connectivity index (χ1) is 15.4. The quantitative estimate of drug-likeness (QED) is 0.220. The molecule has 3 aromatic carbocycles. The molecule has 0 radical (unpaired) electrons. The van der Waals surface area contributed by atoms with E-state index in [4.69, 9.17) is 0 Å². The Balaban J connectivity index is 1.95. The Morgan fingerprint density at radius 1 is 0.812 bits per heavy atom. The molecule has 0 atom stereocenters. The summed E-state index contributed by atoms with van der Waals surface area (Å²) in [7, 11) is 0.631. The fourth-order valence-electron chi connectivity index (χ4n) is 5.17. The van der Waals surface area contributed by atoms with Gasteiger partial charge in [0.2, 0.25) is 5.69 Å². The zero-order chi connectivity index (χ0) is 22.9. The zero-order valence-electron chi connectivity index (χ0n) is 19.9. The van der Waals surface area contributed by atoms with Crippen molar-refractivity contribution >= 4 is 24.0 Å². The number of hydrogen-bond acceptors (Lipinski definition) is 0. The van der Waals surface area contributed by atoms with Crippen LogP contribution in [0.3, 0.4) is 0 Å². The number of rotatable bonds is 6. The van der Waals surface area contributed by atoms with E-state index in [1.54, 1.807) is 11.3 Å². The molecule has 0 aliphatic carbocycles. The number of halogens is 1. The van der Waals surface area contributed by atoms with E-state index in [1.165, 1.54) is 28.9 Å². The molecular formula is C29H33FNSi+. The van der Waals surface area contributed by atoms with Crippen LogP contribution in [0, 0.1) is 12.7 Å². The van der Waals surface area contributed by atoms with E-state index >= 15 is 0 Å². The summed E-state index contributed by atoms with van der Waals surface area (Å²) in [5.74, 6) is -0.174. The molecule has 0 spiro atoms. The summed E-state index contributed by atoms with van der Waals surface area (Å²) in [6.45, 7) is 9.07. The van der Waals surface area contributed by atoms with Gasteiger partial charge in [-0.15, -0.1) is 0 Å². The second kappa shape index (κ2) is 8.99. The maximum atomic E-state index is 14.9. The minimum Gasteiger partial charge on any atom is -0.206 e. The van der Waals surface area contributed by atoms with Crippen LogP contribution in [0.5, 0.6) is 0 Å². The number of aromatic nitrogens is 1. The summed E-state index contributed by atoms with van der Waals surface area (Å²) in [6, 6.07) is 26.7. The Morgan fingerprint density at radius 2 is 1.50 bits per heavy atom. The lowest BCUT2D eigenvalue weighted by atomic mass is 9.94. The Kier molecular flexibility index (Phi) is 6.30. The lowest BCUT2D eigenvalue weighted by molar-refractivity contribution is -0.659. The van der Waals surface area contributed by atoms with Crippen LogP contribution in [0.1, 0.15) is 26.3 Å². The van der Waals surface area contributed by atoms with Crippen molar-refractivity contribution in [1.29, 1.82) is 0 Å². The zero-order valence-corrected chi connectivity index (χ0v) is 20.9. The van der Waals surface area contributed by atoms with Crippen LogP contribution < -0.4 is 9.75 Å². The van der Waals surface area contributed by atoms with Gasteiger partial charge < -0.3 is 0 Å². The molecule has 0 saturated carbocycles. The molecule has 4 rings (SSSR count). The molecule has 0 aliphatic heterocycles. The Bertz CT molecular complexity index is 1250. The van der Waals surface area contributed by atoms with Crippen molar-refractivity contribution in [3.63, 3.8) is 0 Å². The molecule has 0 N–H and O–H groups in total. The third kappa shape index (κ3) is 3.79. The molecule has 0 aliphatic rings. The fourth-order valence-corrected chi connectivity index (χ4v) is 8.79. The van der Waals surface area contributed by atoms with Gasteiger partial charge in [-0.2, -0.15) is 0 Å². The first kappa shape index (κ1) is 22.4. The van der Waals surface area contributed by atoms with Crippen LogP contribution in [-0.4, -0.2) is 8.07 Å². The number of fused-ring (bicyclic) bond motifs is 1. The normalized spacial score (nSPS) is 11.8. The minimum absolute atomic E-state index is 0.174. The van der Waals surface area contributed by atoms with Crippen molar-refractivity contribution in [2.45, 2.75) is 45.8 Å². The highest BCUT2D eigenvalue weighted by Gasteiger charge is 2.30. The molecule has 0 fully saturated rings. The van der Waals surface area contributed by atoms with Gasteiger partial charge in [0.05, 0.1) is 19.0 Å². The van der Waals surface area contributed by atoms with Crippen LogP contribution in [0.25, 0.3) is 33.2 Å². The standard InChI is InChI=1S/C29H33FNSi/c1-6-32(7-2,8-3)24-14-15-25-23(19-24)16-17-31(5)29(25)26-20-27(28(30)18-21(26)4)22-12-10-9-11-13-22/h9-20H,6-8H2,1-5H3/q+1. The summed E-state index contributed by atoms with van der Waals surface area (Å²) in [5, 5.41) is 4.05. The lowest BCUT2D eigenvalue weighted by Gasteiger charge is -2.29. The van der Waals surface area contributed by atoms with Crippen molar-refractivity contribution in [3.8, 4) is 22.4 Å². The SMILES string of the molecule is CC[Si](CC)(CC)c1ccc2c(-c3cc(-c4ccccc4)c(F)cc3C)[n+](C)ccc2c1. The van der Waals surface area contributed by atoms with Gasteiger partial charge in [-0.25, -0.2) is 8.96 Å². The number of hydrogen-bond donors (Lipinski definition) is 0. The highest BCUT2D eigenvalue weighted by Crippen LogP contribution is 2.34. The van der Waals surface area contributed by atoms with Gasteiger partial charge in [0.25, 0.3) is 0 Å². The van der Waals surface area contributed by atoms with Gasteiger partial charge in [0, 0.05) is 11.6 Å². The van der Waals surface area contributed by atoms with Crippen LogP contribution in [0.2, 0.25) is 18.1 Å². The number of aryl methyl sites for hydroxylation is 2. The van der Waals surface area contributed by atoms with E-state index in [-0.39, 0.29) is 5.82 Å². The molecule has 3 heteroatoms. The Hall–Kier alpha value is -2.78. The summed E-state index contributed by atoms with van der Waals surface area (Å²) in [6.07, 6.45) is 2.14. The summed E-state index contributed by atoms with van der Waals surface area (Å²) in [5.41, 5.74) is 4.72. The first-order valence-corrected chi connectivity index (χ1v) is 14.3. The fraction of sp³-hybridized carbons (Fsp3) is 0.276. The molecule has 164 valence electrons. The van der Waals surface area contributed by atoms with E-state index in [2.05, 4.69) is 62.8 Å². The van der Waals surface area contributed by atoms with Crippen LogP contribution in [0.4, 0.5) is 4.39 Å². The van der Waals surface area contributed by atoms with Gasteiger partial charge in [-0.3, -0.25) is 0 Å². The maximum Gasteiger partial charge on any atom is 0.220 e. The third-order valence-corrected chi connectivity index (χ3v) is 13.0. The predicted molar refractivity (Wildman–Crippen MR) is 138 cm³/mol. The summed E-state index contributed by atoms with van der Waals surface area (Å²) < 4.78 is 17.1. The molecule has 0 bridgehead atoms. The molecule has 4 aromatic rings. The summed E-state index contributed by atoms with van der Waals surface area (Å²) in [4.78, 5) is 0. The average Bonchev–Trinajstić information content (AvgIpc) is 2.82. The minimum atomic E-state index is -1.45. The molecular weight excluding hydrogens is 409 g/mol. The highest BCUT2D eigenvalue weighted by atomic mass is 28.3. The van der Waals surface area contributed by atoms with Crippen LogP contribution in [-0.2, 0) is 7.05 Å². The Labute approximate surface area is 192 Å². The molecule has 1 heterocycles. The third-order valence-electron chi connectivity index (χ3n) is 7.43. The van der Waals surface area contributed by atoms with Gasteiger partial charge in [-0.1, -0.05) is 86.6 Å². The smallest absolute Gasteiger partial charge is 0.206 e. The molecule has 1 nitrogen and oxygen atoms in total. The molecule has 0 unspecified atom stereocenters. The lowest BCUT2D eigenvalue weighted by Crippen LogP contribution is -2.45. The maximum absolute atomic E-state index is 14.9.